The summed E-state index contributed by atoms with van der Waals surface area (Å²) in [6.07, 6.45) is 3.67. The zero-order valence-electron chi connectivity index (χ0n) is 10.7. The molecule has 3 nitrogen and oxygen atoms in total. The first-order valence-electron chi connectivity index (χ1n) is 6.23. The second-order valence-electron chi connectivity index (χ2n) is 4.40. The second-order valence-corrected chi connectivity index (χ2v) is 4.40. The van der Waals surface area contributed by atoms with Crippen LogP contribution in [0.4, 0.5) is 5.69 Å². The van der Waals surface area contributed by atoms with E-state index in [9.17, 15) is 0 Å². The maximum atomic E-state index is 5.80. The molecule has 0 aliphatic heterocycles. The standard InChI is InChI=1S/C15H19N3/c1-2-18(11-13-6-8-17-9-7-13)12-14-4-3-5-15(16)10-14/h3-10H,2,11-12,16H2,1H3. The van der Waals surface area contributed by atoms with Gasteiger partial charge in [0.2, 0.25) is 0 Å². The topological polar surface area (TPSA) is 42.2 Å². The number of benzene rings is 1. The maximum Gasteiger partial charge on any atom is 0.0317 e. The van der Waals surface area contributed by atoms with E-state index in [1.165, 1.54) is 11.1 Å². The molecular weight excluding hydrogens is 222 g/mol. The lowest BCUT2D eigenvalue weighted by Crippen LogP contribution is -2.22. The van der Waals surface area contributed by atoms with E-state index in [0.29, 0.717) is 0 Å². The van der Waals surface area contributed by atoms with Crippen molar-refractivity contribution in [3.8, 4) is 0 Å². The summed E-state index contributed by atoms with van der Waals surface area (Å²) in [5.41, 5.74) is 9.17. The molecular formula is C15H19N3. The Kier molecular flexibility index (Phi) is 4.31. The van der Waals surface area contributed by atoms with E-state index in [-0.39, 0.29) is 0 Å². The van der Waals surface area contributed by atoms with Crippen molar-refractivity contribution in [3.63, 3.8) is 0 Å². The number of aromatic nitrogens is 1. The molecule has 1 heterocycles. The van der Waals surface area contributed by atoms with Crippen molar-refractivity contribution in [2.45, 2.75) is 20.0 Å². The van der Waals surface area contributed by atoms with Crippen molar-refractivity contribution in [1.29, 1.82) is 0 Å². The normalized spacial score (nSPS) is 10.8. The number of rotatable bonds is 5. The molecule has 0 aliphatic rings. The summed E-state index contributed by atoms with van der Waals surface area (Å²) in [5.74, 6) is 0. The zero-order valence-corrected chi connectivity index (χ0v) is 10.7. The lowest BCUT2D eigenvalue weighted by atomic mass is 10.1. The fraction of sp³-hybridized carbons (Fsp3) is 0.267. The predicted molar refractivity (Wildman–Crippen MR) is 74.9 cm³/mol. The first kappa shape index (κ1) is 12.6. The van der Waals surface area contributed by atoms with Gasteiger partial charge in [0.15, 0.2) is 0 Å². The van der Waals surface area contributed by atoms with Crippen LogP contribution in [0.25, 0.3) is 0 Å². The van der Waals surface area contributed by atoms with Gasteiger partial charge in [-0.2, -0.15) is 0 Å². The molecule has 3 heteroatoms. The lowest BCUT2D eigenvalue weighted by molar-refractivity contribution is 0.271. The Balaban J connectivity index is 2.01. The van der Waals surface area contributed by atoms with Gasteiger partial charge in [0.05, 0.1) is 0 Å². The van der Waals surface area contributed by atoms with E-state index in [1.807, 2.05) is 30.6 Å². The molecule has 0 aliphatic carbocycles. The van der Waals surface area contributed by atoms with Crippen LogP contribution in [0, 0.1) is 0 Å². The Morgan fingerprint density at radius 3 is 2.44 bits per heavy atom. The molecule has 0 saturated heterocycles. The Labute approximate surface area is 108 Å². The number of nitrogens with two attached hydrogens (primary N) is 1. The Morgan fingerprint density at radius 2 is 1.78 bits per heavy atom. The number of hydrogen-bond acceptors (Lipinski definition) is 3. The molecule has 94 valence electrons. The summed E-state index contributed by atoms with van der Waals surface area (Å²) in [4.78, 5) is 6.42. The third-order valence-electron chi connectivity index (χ3n) is 2.96. The van der Waals surface area contributed by atoms with Gasteiger partial charge < -0.3 is 5.73 Å². The van der Waals surface area contributed by atoms with Crippen molar-refractivity contribution in [2.24, 2.45) is 0 Å². The highest BCUT2D eigenvalue weighted by Gasteiger charge is 2.05. The van der Waals surface area contributed by atoms with E-state index in [1.54, 1.807) is 0 Å². The minimum atomic E-state index is 0.826. The molecule has 0 radical (unpaired) electrons. The third-order valence-corrected chi connectivity index (χ3v) is 2.96. The van der Waals surface area contributed by atoms with Gasteiger partial charge in [-0.3, -0.25) is 9.88 Å². The fourth-order valence-corrected chi connectivity index (χ4v) is 1.98. The van der Waals surface area contributed by atoms with Crippen molar-refractivity contribution < 1.29 is 0 Å². The average Bonchev–Trinajstić information content (AvgIpc) is 2.39. The van der Waals surface area contributed by atoms with Crippen LogP contribution in [0.3, 0.4) is 0 Å². The first-order chi connectivity index (χ1) is 8.78. The molecule has 0 fully saturated rings. The third kappa shape index (κ3) is 3.57. The molecule has 0 atom stereocenters. The van der Waals surface area contributed by atoms with E-state index >= 15 is 0 Å². The van der Waals surface area contributed by atoms with Crippen molar-refractivity contribution in [1.82, 2.24) is 9.88 Å². The first-order valence-corrected chi connectivity index (χ1v) is 6.23. The van der Waals surface area contributed by atoms with Gasteiger partial charge in [0, 0.05) is 31.2 Å². The van der Waals surface area contributed by atoms with Gasteiger partial charge in [0.25, 0.3) is 0 Å². The predicted octanol–water partition coefficient (Wildman–Crippen LogP) is 2.69. The zero-order chi connectivity index (χ0) is 12.8. The number of nitrogens with zero attached hydrogens (tertiary/aromatic N) is 2. The number of hydrogen-bond donors (Lipinski definition) is 1. The Morgan fingerprint density at radius 1 is 1.06 bits per heavy atom. The van der Waals surface area contributed by atoms with Crippen LogP contribution in [0.1, 0.15) is 18.1 Å². The van der Waals surface area contributed by atoms with Crippen LogP contribution in [-0.2, 0) is 13.1 Å². The summed E-state index contributed by atoms with van der Waals surface area (Å²) >= 11 is 0. The minimum absolute atomic E-state index is 0.826. The molecule has 1 aromatic carbocycles. The van der Waals surface area contributed by atoms with Crippen LogP contribution in [0.15, 0.2) is 48.8 Å². The number of nitrogen functional groups attached to an aromatic ring is 1. The summed E-state index contributed by atoms with van der Waals surface area (Å²) in [5, 5.41) is 0. The van der Waals surface area contributed by atoms with Gasteiger partial charge in [-0.25, -0.2) is 0 Å². The van der Waals surface area contributed by atoms with Crippen LogP contribution in [-0.4, -0.2) is 16.4 Å². The van der Waals surface area contributed by atoms with E-state index < -0.39 is 0 Å². The van der Waals surface area contributed by atoms with Crippen LogP contribution in [0.2, 0.25) is 0 Å². The molecule has 1 aromatic heterocycles. The lowest BCUT2D eigenvalue weighted by Gasteiger charge is -2.20. The number of pyridine rings is 1. The summed E-state index contributed by atoms with van der Waals surface area (Å²) in [6, 6.07) is 12.2. The highest BCUT2D eigenvalue weighted by atomic mass is 15.1. The van der Waals surface area contributed by atoms with Gasteiger partial charge in [-0.05, 0) is 41.9 Å². The molecule has 0 saturated carbocycles. The minimum Gasteiger partial charge on any atom is -0.399 e. The molecule has 0 unspecified atom stereocenters. The smallest absolute Gasteiger partial charge is 0.0317 e. The highest BCUT2D eigenvalue weighted by molar-refractivity contribution is 5.40. The summed E-state index contributed by atoms with van der Waals surface area (Å²) < 4.78 is 0. The molecule has 2 aromatic rings. The summed E-state index contributed by atoms with van der Waals surface area (Å²) in [7, 11) is 0. The number of anilines is 1. The maximum absolute atomic E-state index is 5.80. The second kappa shape index (κ2) is 6.17. The van der Waals surface area contributed by atoms with Crippen LogP contribution >= 0.6 is 0 Å². The van der Waals surface area contributed by atoms with Crippen LogP contribution in [0.5, 0.6) is 0 Å². The average molecular weight is 241 g/mol. The van der Waals surface area contributed by atoms with E-state index in [2.05, 4.69) is 35.0 Å². The molecule has 0 bridgehead atoms. The van der Waals surface area contributed by atoms with Crippen molar-refractivity contribution in [2.75, 3.05) is 12.3 Å². The van der Waals surface area contributed by atoms with Crippen molar-refractivity contribution >= 4 is 5.69 Å². The van der Waals surface area contributed by atoms with E-state index in [4.69, 9.17) is 5.73 Å². The highest BCUT2D eigenvalue weighted by Crippen LogP contribution is 2.11. The van der Waals surface area contributed by atoms with Gasteiger partial charge >= 0.3 is 0 Å². The molecule has 18 heavy (non-hydrogen) atoms. The van der Waals surface area contributed by atoms with Crippen molar-refractivity contribution in [3.05, 3.63) is 59.9 Å². The molecule has 2 rings (SSSR count). The van der Waals surface area contributed by atoms with E-state index in [0.717, 1.165) is 25.3 Å². The molecule has 2 N–H and O–H groups in total. The monoisotopic (exact) mass is 241 g/mol. The molecule has 0 amide bonds. The Hall–Kier alpha value is -1.87. The molecule has 0 spiro atoms. The summed E-state index contributed by atoms with van der Waals surface area (Å²) in [6.45, 7) is 5.04. The fourth-order valence-electron chi connectivity index (χ4n) is 1.98. The largest absolute Gasteiger partial charge is 0.399 e. The van der Waals surface area contributed by atoms with Gasteiger partial charge in [-0.15, -0.1) is 0 Å². The Bertz CT molecular complexity index is 482. The van der Waals surface area contributed by atoms with Gasteiger partial charge in [0.1, 0.15) is 0 Å². The van der Waals surface area contributed by atoms with Crippen LogP contribution < -0.4 is 5.73 Å². The van der Waals surface area contributed by atoms with Gasteiger partial charge in [-0.1, -0.05) is 19.1 Å². The quantitative estimate of drug-likeness (QED) is 0.818. The SMILES string of the molecule is CCN(Cc1ccncc1)Cc1cccc(N)c1.